The van der Waals surface area contributed by atoms with E-state index in [0.29, 0.717) is 5.02 Å². The van der Waals surface area contributed by atoms with Gasteiger partial charge in [-0.15, -0.1) is 10.2 Å². The molecule has 1 aromatic heterocycles. The maximum absolute atomic E-state index is 6.26. The SMILES string of the molecule is CC[C@@H](C)Oc1ccc(CNCCCc2nn[nH]n2)cc1Cl. The van der Waals surface area contributed by atoms with Gasteiger partial charge in [-0.1, -0.05) is 29.8 Å². The Hall–Kier alpha value is -1.66. The van der Waals surface area contributed by atoms with Crippen molar-refractivity contribution in [1.29, 1.82) is 0 Å². The van der Waals surface area contributed by atoms with Crippen molar-refractivity contribution in [2.45, 2.75) is 45.8 Å². The second kappa shape index (κ2) is 8.70. The summed E-state index contributed by atoms with van der Waals surface area (Å²) in [6, 6.07) is 5.92. The number of nitrogens with one attached hydrogen (secondary N) is 2. The monoisotopic (exact) mass is 323 g/mol. The number of H-pyrrole nitrogens is 1. The van der Waals surface area contributed by atoms with Gasteiger partial charge in [0.1, 0.15) is 5.75 Å². The number of rotatable bonds is 9. The Bertz CT molecular complexity index is 561. The fraction of sp³-hybridized carbons (Fsp3) is 0.533. The van der Waals surface area contributed by atoms with Gasteiger partial charge in [0.2, 0.25) is 0 Å². The Labute approximate surface area is 135 Å². The highest BCUT2D eigenvalue weighted by Crippen LogP contribution is 2.26. The quantitative estimate of drug-likeness (QED) is 0.694. The molecular weight excluding hydrogens is 302 g/mol. The zero-order chi connectivity index (χ0) is 15.8. The lowest BCUT2D eigenvalue weighted by Gasteiger charge is -2.14. The van der Waals surface area contributed by atoms with Gasteiger partial charge in [-0.3, -0.25) is 0 Å². The molecule has 1 heterocycles. The van der Waals surface area contributed by atoms with E-state index in [1.807, 2.05) is 25.1 Å². The molecule has 0 aliphatic carbocycles. The summed E-state index contributed by atoms with van der Waals surface area (Å²) in [5.41, 5.74) is 1.14. The second-order valence-corrected chi connectivity index (χ2v) is 5.62. The van der Waals surface area contributed by atoms with Crippen molar-refractivity contribution in [3.05, 3.63) is 34.6 Å². The Morgan fingerprint density at radius 1 is 1.41 bits per heavy atom. The summed E-state index contributed by atoms with van der Waals surface area (Å²) in [5.74, 6) is 1.49. The molecule has 0 unspecified atom stereocenters. The molecule has 2 rings (SSSR count). The van der Waals surface area contributed by atoms with E-state index < -0.39 is 0 Å². The molecule has 0 fully saturated rings. The summed E-state index contributed by atoms with van der Waals surface area (Å²) in [5, 5.41) is 17.8. The van der Waals surface area contributed by atoms with Gasteiger partial charge in [0.25, 0.3) is 0 Å². The van der Waals surface area contributed by atoms with Gasteiger partial charge >= 0.3 is 0 Å². The van der Waals surface area contributed by atoms with E-state index >= 15 is 0 Å². The number of hydrogen-bond donors (Lipinski definition) is 2. The smallest absolute Gasteiger partial charge is 0.174 e. The van der Waals surface area contributed by atoms with Crippen LogP contribution in [0, 0.1) is 0 Å². The number of tetrazole rings is 1. The molecule has 0 saturated carbocycles. The van der Waals surface area contributed by atoms with Gasteiger partial charge < -0.3 is 10.1 Å². The first-order valence-electron chi connectivity index (χ1n) is 7.57. The summed E-state index contributed by atoms with van der Waals surface area (Å²) in [7, 11) is 0. The minimum Gasteiger partial charge on any atom is -0.489 e. The molecule has 1 atom stereocenters. The zero-order valence-corrected chi connectivity index (χ0v) is 13.7. The van der Waals surface area contributed by atoms with E-state index in [1.54, 1.807) is 0 Å². The molecule has 0 aliphatic heterocycles. The minimum atomic E-state index is 0.173. The predicted molar refractivity (Wildman–Crippen MR) is 86.0 cm³/mol. The lowest BCUT2D eigenvalue weighted by Crippen LogP contribution is -2.15. The van der Waals surface area contributed by atoms with E-state index in [9.17, 15) is 0 Å². The van der Waals surface area contributed by atoms with Crippen LogP contribution >= 0.6 is 11.6 Å². The first-order valence-corrected chi connectivity index (χ1v) is 7.95. The Kier molecular flexibility index (Phi) is 6.61. The number of ether oxygens (including phenoxy) is 1. The van der Waals surface area contributed by atoms with Crippen LogP contribution in [0.1, 0.15) is 38.1 Å². The van der Waals surface area contributed by atoms with Crippen molar-refractivity contribution in [2.75, 3.05) is 6.54 Å². The number of hydrogen-bond acceptors (Lipinski definition) is 5. The molecule has 0 saturated heterocycles. The molecule has 0 bridgehead atoms. The Morgan fingerprint density at radius 2 is 2.27 bits per heavy atom. The third kappa shape index (κ3) is 5.27. The van der Waals surface area contributed by atoms with Gasteiger partial charge in [0, 0.05) is 13.0 Å². The van der Waals surface area contributed by atoms with Crippen molar-refractivity contribution in [1.82, 2.24) is 25.9 Å². The summed E-state index contributed by atoms with van der Waals surface area (Å²) < 4.78 is 5.76. The van der Waals surface area contributed by atoms with E-state index in [4.69, 9.17) is 16.3 Å². The highest BCUT2D eigenvalue weighted by molar-refractivity contribution is 6.32. The number of aryl methyl sites for hydroxylation is 1. The van der Waals surface area contributed by atoms with Crippen molar-refractivity contribution in [2.24, 2.45) is 0 Å². The fourth-order valence-corrected chi connectivity index (χ4v) is 2.19. The molecule has 22 heavy (non-hydrogen) atoms. The van der Waals surface area contributed by atoms with Crippen molar-refractivity contribution in [3.63, 3.8) is 0 Å². The number of aromatic amines is 1. The van der Waals surface area contributed by atoms with Crippen molar-refractivity contribution < 1.29 is 4.74 Å². The van der Waals surface area contributed by atoms with Crippen LogP contribution < -0.4 is 10.1 Å². The van der Waals surface area contributed by atoms with Crippen LogP contribution in [-0.2, 0) is 13.0 Å². The lowest BCUT2D eigenvalue weighted by molar-refractivity contribution is 0.217. The topological polar surface area (TPSA) is 75.7 Å². The van der Waals surface area contributed by atoms with Crippen molar-refractivity contribution >= 4 is 11.6 Å². The van der Waals surface area contributed by atoms with E-state index in [2.05, 4.69) is 32.9 Å². The number of nitrogens with zero attached hydrogens (tertiary/aromatic N) is 3. The van der Waals surface area contributed by atoms with Crippen LogP contribution in [0.4, 0.5) is 0 Å². The van der Waals surface area contributed by atoms with Crippen LogP contribution in [-0.4, -0.2) is 33.3 Å². The average Bonchev–Trinajstić information content (AvgIpc) is 3.02. The van der Waals surface area contributed by atoms with Gasteiger partial charge in [-0.05, 0) is 44.0 Å². The average molecular weight is 324 g/mol. The van der Waals surface area contributed by atoms with E-state index in [-0.39, 0.29) is 6.10 Å². The maximum atomic E-state index is 6.26. The van der Waals surface area contributed by atoms with E-state index in [0.717, 1.165) is 49.5 Å². The molecule has 7 heteroatoms. The van der Waals surface area contributed by atoms with Gasteiger partial charge in [0.05, 0.1) is 11.1 Å². The summed E-state index contributed by atoms with van der Waals surface area (Å²) in [4.78, 5) is 0. The molecule has 1 aromatic carbocycles. The molecule has 6 nitrogen and oxygen atoms in total. The zero-order valence-electron chi connectivity index (χ0n) is 13.0. The van der Waals surface area contributed by atoms with Crippen LogP contribution in [0.3, 0.4) is 0 Å². The number of aromatic nitrogens is 4. The molecule has 2 aromatic rings. The molecule has 2 N–H and O–H groups in total. The molecular formula is C15H22ClN5O. The predicted octanol–water partition coefficient (Wildman–Crippen LogP) is 2.75. The van der Waals surface area contributed by atoms with Crippen LogP contribution in [0.2, 0.25) is 5.02 Å². The minimum absolute atomic E-state index is 0.173. The van der Waals surface area contributed by atoms with Crippen LogP contribution in [0.5, 0.6) is 5.75 Å². The standard InChI is InChI=1S/C15H22ClN5O/c1-3-11(2)22-14-7-6-12(9-13(14)16)10-17-8-4-5-15-18-20-21-19-15/h6-7,9,11,17H,3-5,8,10H2,1-2H3,(H,18,19,20,21)/t11-/m1/s1. The van der Waals surface area contributed by atoms with Gasteiger partial charge in [0.15, 0.2) is 5.82 Å². The van der Waals surface area contributed by atoms with Crippen molar-refractivity contribution in [3.8, 4) is 5.75 Å². The molecule has 0 spiro atoms. The van der Waals surface area contributed by atoms with Crippen LogP contribution in [0.25, 0.3) is 0 Å². The third-order valence-corrected chi connectivity index (χ3v) is 3.67. The first-order chi connectivity index (χ1) is 10.7. The second-order valence-electron chi connectivity index (χ2n) is 5.21. The van der Waals surface area contributed by atoms with Gasteiger partial charge in [-0.25, -0.2) is 0 Å². The fourth-order valence-electron chi connectivity index (χ4n) is 1.94. The summed E-state index contributed by atoms with van der Waals surface area (Å²) in [6.45, 7) is 5.79. The number of benzene rings is 1. The Balaban J connectivity index is 1.72. The first kappa shape index (κ1) is 16.7. The summed E-state index contributed by atoms with van der Waals surface area (Å²) >= 11 is 6.26. The Morgan fingerprint density at radius 3 is 2.95 bits per heavy atom. The van der Waals surface area contributed by atoms with E-state index in [1.165, 1.54) is 0 Å². The van der Waals surface area contributed by atoms with Gasteiger partial charge in [-0.2, -0.15) is 5.21 Å². The molecule has 0 amide bonds. The largest absolute Gasteiger partial charge is 0.489 e. The normalized spacial score (nSPS) is 12.3. The third-order valence-electron chi connectivity index (χ3n) is 3.37. The molecule has 120 valence electrons. The highest BCUT2D eigenvalue weighted by atomic mass is 35.5. The molecule has 0 radical (unpaired) electrons. The molecule has 0 aliphatic rings. The highest BCUT2D eigenvalue weighted by Gasteiger charge is 2.06. The summed E-state index contributed by atoms with van der Waals surface area (Å²) in [6.07, 6.45) is 2.90. The maximum Gasteiger partial charge on any atom is 0.174 e. The lowest BCUT2D eigenvalue weighted by atomic mass is 10.2. The van der Waals surface area contributed by atoms with Crippen LogP contribution in [0.15, 0.2) is 18.2 Å². The number of halogens is 1.